The van der Waals surface area contributed by atoms with Crippen molar-refractivity contribution in [2.45, 2.75) is 12.5 Å². The molecule has 1 amide bonds. The van der Waals surface area contributed by atoms with Gasteiger partial charge in [0.25, 0.3) is 5.91 Å². The van der Waals surface area contributed by atoms with Gasteiger partial charge < -0.3 is 10.2 Å². The van der Waals surface area contributed by atoms with Crippen LogP contribution >= 0.6 is 11.3 Å². The van der Waals surface area contributed by atoms with Gasteiger partial charge in [0.2, 0.25) is 0 Å². The summed E-state index contributed by atoms with van der Waals surface area (Å²) in [6.07, 6.45) is 2.90. The molecule has 1 unspecified atom stereocenters. The predicted octanol–water partition coefficient (Wildman–Crippen LogP) is 2.10. The fraction of sp³-hybridized carbons (Fsp3) is 0.267. The van der Waals surface area contributed by atoms with Gasteiger partial charge in [-0.3, -0.25) is 4.79 Å². The number of nitriles is 1. The molecule has 1 aliphatic rings. The number of benzene rings is 1. The van der Waals surface area contributed by atoms with E-state index in [0.29, 0.717) is 18.1 Å². The minimum absolute atomic E-state index is 0.0289. The summed E-state index contributed by atoms with van der Waals surface area (Å²) in [6, 6.07) is 9.82. The summed E-state index contributed by atoms with van der Waals surface area (Å²) in [7, 11) is 0. The molecule has 2 heterocycles. The summed E-state index contributed by atoms with van der Waals surface area (Å²) in [6.45, 7) is 1.29. The summed E-state index contributed by atoms with van der Waals surface area (Å²) in [5.74, 6) is -0.160. The van der Waals surface area contributed by atoms with E-state index in [1.165, 1.54) is 11.3 Å². The Bertz CT molecular complexity index is 676. The summed E-state index contributed by atoms with van der Waals surface area (Å²) in [4.78, 5) is 18.2. The van der Waals surface area contributed by atoms with Gasteiger partial charge in [0.1, 0.15) is 0 Å². The molecule has 1 aliphatic heterocycles. The molecule has 2 aromatic rings. The van der Waals surface area contributed by atoms with Crippen LogP contribution in [0.1, 0.15) is 16.2 Å². The van der Waals surface area contributed by atoms with Crippen molar-refractivity contribution in [2.24, 2.45) is 0 Å². The number of likely N-dealkylation sites (tertiary alicyclic amines) is 1. The lowest BCUT2D eigenvalue weighted by molar-refractivity contribution is 0.0938. The molecule has 1 aromatic heterocycles. The summed E-state index contributed by atoms with van der Waals surface area (Å²) in [5.41, 5.74) is 1.82. The van der Waals surface area contributed by atoms with Crippen LogP contribution in [0.2, 0.25) is 0 Å². The number of carbonyl (C=O) groups excluding carboxylic acids is 1. The van der Waals surface area contributed by atoms with E-state index in [2.05, 4.69) is 16.5 Å². The van der Waals surface area contributed by atoms with Gasteiger partial charge in [-0.25, -0.2) is 4.98 Å². The minimum atomic E-state index is -0.160. The number of carbonyl (C=O) groups is 1. The second-order valence-corrected chi connectivity index (χ2v) is 5.77. The first kappa shape index (κ1) is 13.6. The maximum atomic E-state index is 12.2. The highest BCUT2D eigenvalue weighted by Gasteiger charge is 2.24. The first-order valence-electron chi connectivity index (χ1n) is 6.73. The van der Waals surface area contributed by atoms with E-state index in [-0.39, 0.29) is 11.9 Å². The molecule has 1 saturated heterocycles. The molecule has 0 saturated carbocycles. The predicted molar refractivity (Wildman–Crippen MR) is 80.6 cm³/mol. The number of nitrogens with one attached hydrogen (secondary N) is 1. The van der Waals surface area contributed by atoms with Gasteiger partial charge in [-0.1, -0.05) is 30.3 Å². The van der Waals surface area contributed by atoms with Gasteiger partial charge in [-0.15, -0.1) is 11.3 Å². The van der Waals surface area contributed by atoms with E-state index >= 15 is 0 Å². The molecule has 5 nitrogen and oxygen atoms in total. The third-order valence-electron chi connectivity index (χ3n) is 3.43. The first-order chi connectivity index (χ1) is 10.3. The van der Waals surface area contributed by atoms with Gasteiger partial charge in [-0.05, 0) is 6.42 Å². The van der Waals surface area contributed by atoms with Gasteiger partial charge in [0.05, 0.1) is 5.69 Å². The number of amides is 1. The van der Waals surface area contributed by atoms with Crippen LogP contribution in [0, 0.1) is 11.5 Å². The standard InChI is InChI=1S/C15H14N4OS/c16-10-19-7-6-12(8-19)17-14(20)15-18-13(9-21-15)11-4-2-1-3-5-11/h1-5,9,12H,6-8H2,(H,17,20). The van der Waals surface area contributed by atoms with Crippen LogP contribution in [-0.4, -0.2) is 34.9 Å². The van der Waals surface area contributed by atoms with E-state index in [9.17, 15) is 4.79 Å². The Morgan fingerprint density at radius 1 is 1.43 bits per heavy atom. The normalized spacial score (nSPS) is 17.5. The summed E-state index contributed by atoms with van der Waals surface area (Å²) >= 11 is 1.34. The maximum absolute atomic E-state index is 12.2. The number of nitrogens with zero attached hydrogens (tertiary/aromatic N) is 3. The Balaban J connectivity index is 1.67. The molecule has 21 heavy (non-hydrogen) atoms. The van der Waals surface area contributed by atoms with Crippen LogP contribution in [0.4, 0.5) is 0 Å². The average Bonchev–Trinajstić information content (AvgIpc) is 3.17. The number of thiazole rings is 1. The Hall–Kier alpha value is -2.39. The molecule has 6 heteroatoms. The van der Waals surface area contributed by atoms with Crippen molar-refractivity contribution in [2.75, 3.05) is 13.1 Å². The maximum Gasteiger partial charge on any atom is 0.280 e. The highest BCUT2D eigenvalue weighted by molar-refractivity contribution is 7.12. The van der Waals surface area contributed by atoms with Gasteiger partial charge in [-0.2, -0.15) is 5.26 Å². The molecule has 1 aromatic carbocycles. The quantitative estimate of drug-likeness (QED) is 0.881. The van der Waals surface area contributed by atoms with Gasteiger partial charge in [0, 0.05) is 30.1 Å². The minimum Gasteiger partial charge on any atom is -0.345 e. The van der Waals surface area contributed by atoms with Crippen LogP contribution in [-0.2, 0) is 0 Å². The van der Waals surface area contributed by atoms with Crippen molar-refractivity contribution < 1.29 is 4.79 Å². The molecule has 106 valence electrons. The lowest BCUT2D eigenvalue weighted by Crippen LogP contribution is -2.36. The van der Waals surface area contributed by atoms with Crippen LogP contribution in [0.5, 0.6) is 0 Å². The second kappa shape index (κ2) is 5.94. The van der Waals surface area contributed by atoms with E-state index in [0.717, 1.165) is 17.7 Å². The van der Waals surface area contributed by atoms with Gasteiger partial charge >= 0.3 is 0 Å². The molecule has 1 N–H and O–H groups in total. The van der Waals surface area contributed by atoms with Crippen molar-refractivity contribution in [3.63, 3.8) is 0 Å². The van der Waals surface area contributed by atoms with Crippen molar-refractivity contribution in [3.05, 3.63) is 40.7 Å². The van der Waals surface area contributed by atoms with Crippen LogP contribution in [0.25, 0.3) is 11.3 Å². The van der Waals surface area contributed by atoms with E-state index in [1.807, 2.05) is 35.7 Å². The van der Waals surface area contributed by atoms with Gasteiger partial charge in [0.15, 0.2) is 11.2 Å². The molecule has 0 bridgehead atoms. The smallest absolute Gasteiger partial charge is 0.280 e. The first-order valence-corrected chi connectivity index (χ1v) is 7.61. The van der Waals surface area contributed by atoms with E-state index in [4.69, 9.17) is 5.26 Å². The molecule has 0 aliphatic carbocycles. The zero-order valence-corrected chi connectivity index (χ0v) is 12.1. The largest absolute Gasteiger partial charge is 0.345 e. The fourth-order valence-electron chi connectivity index (χ4n) is 2.34. The Morgan fingerprint density at radius 3 is 2.95 bits per heavy atom. The number of rotatable bonds is 3. The Kier molecular flexibility index (Phi) is 3.84. The Labute approximate surface area is 126 Å². The van der Waals surface area contributed by atoms with Crippen molar-refractivity contribution in [3.8, 4) is 17.5 Å². The topological polar surface area (TPSA) is 69.0 Å². The zero-order valence-electron chi connectivity index (χ0n) is 11.3. The van der Waals surface area contributed by atoms with Crippen molar-refractivity contribution >= 4 is 17.2 Å². The van der Waals surface area contributed by atoms with E-state index in [1.54, 1.807) is 4.90 Å². The van der Waals surface area contributed by atoms with E-state index < -0.39 is 0 Å². The lowest BCUT2D eigenvalue weighted by Gasteiger charge is -2.10. The third kappa shape index (κ3) is 3.03. The SMILES string of the molecule is N#CN1CCC(NC(=O)c2nc(-c3ccccc3)cs2)C1. The molecular weight excluding hydrogens is 284 g/mol. The molecular formula is C15H14N4OS. The van der Waals surface area contributed by atoms with Crippen LogP contribution in [0.3, 0.4) is 0 Å². The lowest BCUT2D eigenvalue weighted by atomic mass is 10.2. The third-order valence-corrected chi connectivity index (χ3v) is 4.27. The molecule has 3 rings (SSSR count). The zero-order chi connectivity index (χ0) is 14.7. The monoisotopic (exact) mass is 298 g/mol. The molecule has 0 radical (unpaired) electrons. The summed E-state index contributed by atoms with van der Waals surface area (Å²) < 4.78 is 0. The highest BCUT2D eigenvalue weighted by atomic mass is 32.1. The number of aromatic nitrogens is 1. The average molecular weight is 298 g/mol. The molecule has 1 fully saturated rings. The summed E-state index contributed by atoms with van der Waals surface area (Å²) in [5, 5.41) is 14.1. The fourth-order valence-corrected chi connectivity index (χ4v) is 3.06. The van der Waals surface area contributed by atoms with Crippen molar-refractivity contribution in [1.82, 2.24) is 15.2 Å². The molecule has 0 spiro atoms. The number of hydrogen-bond acceptors (Lipinski definition) is 5. The number of hydrogen-bond donors (Lipinski definition) is 1. The van der Waals surface area contributed by atoms with Crippen LogP contribution in [0.15, 0.2) is 35.7 Å². The van der Waals surface area contributed by atoms with Crippen LogP contribution < -0.4 is 5.32 Å². The molecule has 1 atom stereocenters. The van der Waals surface area contributed by atoms with Crippen molar-refractivity contribution in [1.29, 1.82) is 5.26 Å². The Morgan fingerprint density at radius 2 is 2.24 bits per heavy atom. The second-order valence-electron chi connectivity index (χ2n) is 4.91. The highest BCUT2D eigenvalue weighted by Crippen LogP contribution is 2.21.